The van der Waals surface area contributed by atoms with Crippen molar-refractivity contribution in [1.82, 2.24) is 4.90 Å². The van der Waals surface area contributed by atoms with Crippen LogP contribution in [0.2, 0.25) is 0 Å². The largest absolute Gasteiger partial charge is 0.368 e. The quantitative estimate of drug-likeness (QED) is 0.730. The van der Waals surface area contributed by atoms with Crippen molar-refractivity contribution >= 4 is 0 Å². The van der Waals surface area contributed by atoms with Crippen LogP contribution in [0.4, 0.5) is 0 Å². The van der Waals surface area contributed by atoms with Crippen molar-refractivity contribution in [2.24, 2.45) is 5.92 Å². The molecule has 1 aromatic rings. The van der Waals surface area contributed by atoms with E-state index >= 15 is 0 Å². The van der Waals surface area contributed by atoms with Crippen molar-refractivity contribution in [1.29, 1.82) is 0 Å². The van der Waals surface area contributed by atoms with Gasteiger partial charge in [0.25, 0.3) is 0 Å². The van der Waals surface area contributed by atoms with Crippen molar-refractivity contribution in [3.63, 3.8) is 0 Å². The van der Waals surface area contributed by atoms with Crippen molar-refractivity contribution in [3.8, 4) is 0 Å². The fourth-order valence-electron chi connectivity index (χ4n) is 2.63. The molecule has 0 N–H and O–H groups in total. The zero-order valence-electron chi connectivity index (χ0n) is 11.2. The molecule has 2 unspecified atom stereocenters. The van der Waals surface area contributed by atoms with Gasteiger partial charge in [-0.2, -0.15) is 0 Å². The molecule has 1 aromatic carbocycles. The van der Waals surface area contributed by atoms with Crippen LogP contribution in [-0.2, 0) is 0 Å². The summed E-state index contributed by atoms with van der Waals surface area (Å²) in [5.41, 5.74) is 4.03. The highest BCUT2D eigenvalue weighted by atomic mass is 15.2. The number of piperidine rings is 1. The van der Waals surface area contributed by atoms with E-state index in [4.69, 9.17) is 0 Å². The lowest BCUT2D eigenvalue weighted by atomic mass is 9.93. The van der Waals surface area contributed by atoms with Crippen LogP contribution in [0.3, 0.4) is 0 Å². The maximum Gasteiger partial charge on any atom is 0.0511 e. The lowest BCUT2D eigenvalue weighted by Gasteiger charge is -2.39. The van der Waals surface area contributed by atoms with Gasteiger partial charge in [-0.25, -0.2) is 0 Å². The Morgan fingerprint density at radius 3 is 2.59 bits per heavy atom. The molecule has 17 heavy (non-hydrogen) atoms. The maximum atomic E-state index is 4.27. The summed E-state index contributed by atoms with van der Waals surface area (Å²) in [4.78, 5) is 2.47. The summed E-state index contributed by atoms with van der Waals surface area (Å²) in [5, 5.41) is 0. The Labute approximate surface area is 105 Å². The van der Waals surface area contributed by atoms with E-state index in [9.17, 15) is 0 Å². The third kappa shape index (κ3) is 2.54. The summed E-state index contributed by atoms with van der Waals surface area (Å²) in [7, 11) is 0. The summed E-state index contributed by atoms with van der Waals surface area (Å²) in [6.07, 6.45) is 2.58. The highest BCUT2D eigenvalue weighted by Gasteiger charge is 2.24. The summed E-state index contributed by atoms with van der Waals surface area (Å²) in [6, 6.07) is 9.33. The minimum absolute atomic E-state index is 0.450. The molecule has 1 nitrogen and oxygen atoms in total. The number of rotatable bonds is 2. The van der Waals surface area contributed by atoms with Crippen LogP contribution in [-0.4, -0.2) is 11.4 Å². The standard InChI is InChI=1S/C16H23N/c1-12-7-9-16(10-8-12)15(4)17-11-5-6-13(2)14(17)3/h7-10,13,15H,3,5-6,11H2,1-2,4H3. The van der Waals surface area contributed by atoms with E-state index in [-0.39, 0.29) is 0 Å². The van der Waals surface area contributed by atoms with Gasteiger partial charge in [0.15, 0.2) is 0 Å². The van der Waals surface area contributed by atoms with Crippen LogP contribution in [0.15, 0.2) is 36.5 Å². The zero-order valence-corrected chi connectivity index (χ0v) is 11.2. The molecule has 0 spiro atoms. The maximum absolute atomic E-state index is 4.27. The summed E-state index contributed by atoms with van der Waals surface area (Å²) >= 11 is 0. The molecule has 92 valence electrons. The molecule has 0 amide bonds. The molecule has 2 rings (SSSR count). The Hall–Kier alpha value is -1.24. The van der Waals surface area contributed by atoms with E-state index < -0.39 is 0 Å². The summed E-state index contributed by atoms with van der Waals surface area (Å²) in [6.45, 7) is 12.1. The number of aryl methyl sites for hydroxylation is 1. The van der Waals surface area contributed by atoms with Gasteiger partial charge in [-0.05, 0) is 38.2 Å². The second-order valence-electron chi connectivity index (χ2n) is 5.31. The van der Waals surface area contributed by atoms with Gasteiger partial charge in [0.2, 0.25) is 0 Å². The second-order valence-corrected chi connectivity index (χ2v) is 5.31. The average Bonchev–Trinajstić information content (AvgIpc) is 2.33. The van der Waals surface area contributed by atoms with Gasteiger partial charge in [-0.3, -0.25) is 0 Å². The molecule has 0 radical (unpaired) electrons. The van der Waals surface area contributed by atoms with Crippen molar-refractivity contribution < 1.29 is 0 Å². The predicted octanol–water partition coefficient (Wildman–Crippen LogP) is 4.30. The number of hydrogen-bond donors (Lipinski definition) is 0. The van der Waals surface area contributed by atoms with Gasteiger partial charge >= 0.3 is 0 Å². The number of likely N-dealkylation sites (tertiary alicyclic amines) is 1. The number of hydrogen-bond acceptors (Lipinski definition) is 1. The number of nitrogens with zero attached hydrogens (tertiary/aromatic N) is 1. The first-order chi connectivity index (χ1) is 8.09. The van der Waals surface area contributed by atoms with Gasteiger partial charge in [-0.15, -0.1) is 0 Å². The minimum atomic E-state index is 0.450. The van der Waals surface area contributed by atoms with E-state index in [0.717, 1.165) is 6.54 Å². The van der Waals surface area contributed by atoms with Gasteiger partial charge in [0.1, 0.15) is 0 Å². The van der Waals surface area contributed by atoms with Gasteiger partial charge < -0.3 is 4.90 Å². The SMILES string of the molecule is C=C1C(C)CCCN1C(C)c1ccc(C)cc1. The Balaban J connectivity index is 2.16. The topological polar surface area (TPSA) is 3.24 Å². The molecule has 1 saturated heterocycles. The lowest BCUT2D eigenvalue weighted by Crippen LogP contribution is -2.33. The molecule has 0 aromatic heterocycles. The van der Waals surface area contributed by atoms with Crippen LogP contribution in [0, 0.1) is 12.8 Å². The van der Waals surface area contributed by atoms with Crippen LogP contribution in [0.25, 0.3) is 0 Å². The van der Waals surface area contributed by atoms with E-state index in [1.165, 1.54) is 29.7 Å². The molecule has 0 aliphatic carbocycles. The first-order valence-electron chi connectivity index (χ1n) is 6.61. The third-order valence-corrected chi connectivity index (χ3v) is 4.00. The van der Waals surface area contributed by atoms with Crippen molar-refractivity contribution in [2.45, 2.75) is 39.7 Å². The highest BCUT2D eigenvalue weighted by Crippen LogP contribution is 2.32. The number of benzene rings is 1. The molecule has 0 bridgehead atoms. The van der Waals surface area contributed by atoms with Crippen LogP contribution >= 0.6 is 0 Å². The smallest absolute Gasteiger partial charge is 0.0511 e. The molecule has 1 aliphatic rings. The Morgan fingerprint density at radius 1 is 1.29 bits per heavy atom. The fourth-order valence-corrected chi connectivity index (χ4v) is 2.63. The molecule has 2 atom stereocenters. The van der Waals surface area contributed by atoms with Crippen LogP contribution < -0.4 is 0 Å². The lowest BCUT2D eigenvalue weighted by molar-refractivity contribution is 0.201. The van der Waals surface area contributed by atoms with E-state index in [0.29, 0.717) is 12.0 Å². The molecular weight excluding hydrogens is 206 g/mol. The normalized spacial score (nSPS) is 22.6. The Bertz CT molecular complexity index is 390. The van der Waals surface area contributed by atoms with Crippen LogP contribution in [0.5, 0.6) is 0 Å². The molecule has 0 saturated carbocycles. The van der Waals surface area contributed by atoms with Crippen LogP contribution in [0.1, 0.15) is 43.9 Å². The molecule has 1 heteroatoms. The Kier molecular flexibility index (Phi) is 3.56. The second kappa shape index (κ2) is 4.95. The van der Waals surface area contributed by atoms with Gasteiger partial charge in [-0.1, -0.05) is 43.3 Å². The van der Waals surface area contributed by atoms with E-state index in [1.807, 2.05) is 0 Å². The monoisotopic (exact) mass is 229 g/mol. The summed E-state index contributed by atoms with van der Waals surface area (Å²) < 4.78 is 0. The predicted molar refractivity (Wildman–Crippen MR) is 73.8 cm³/mol. The molecule has 1 aliphatic heterocycles. The fraction of sp³-hybridized carbons (Fsp3) is 0.500. The van der Waals surface area contributed by atoms with Crippen molar-refractivity contribution in [2.75, 3.05) is 6.54 Å². The van der Waals surface area contributed by atoms with E-state index in [1.54, 1.807) is 0 Å². The molecule has 1 heterocycles. The first kappa shape index (κ1) is 12.2. The molecule has 1 fully saturated rings. The first-order valence-corrected chi connectivity index (χ1v) is 6.61. The van der Waals surface area contributed by atoms with Crippen molar-refractivity contribution in [3.05, 3.63) is 47.7 Å². The Morgan fingerprint density at radius 2 is 1.94 bits per heavy atom. The summed E-state index contributed by atoms with van der Waals surface area (Å²) in [5.74, 6) is 0.636. The minimum Gasteiger partial charge on any atom is -0.368 e. The highest BCUT2D eigenvalue weighted by molar-refractivity contribution is 5.25. The third-order valence-electron chi connectivity index (χ3n) is 4.00. The number of allylic oxidation sites excluding steroid dienone is 1. The zero-order chi connectivity index (χ0) is 12.4. The molecular formula is C16H23N. The van der Waals surface area contributed by atoms with E-state index in [2.05, 4.69) is 56.5 Å². The van der Waals surface area contributed by atoms with Gasteiger partial charge in [0, 0.05) is 12.2 Å². The van der Waals surface area contributed by atoms with Gasteiger partial charge in [0.05, 0.1) is 6.04 Å². The average molecular weight is 229 g/mol.